The first kappa shape index (κ1) is 20.1. The van der Waals surface area contributed by atoms with Gasteiger partial charge in [0.1, 0.15) is 0 Å². The third-order valence-electron chi connectivity index (χ3n) is 5.33. The van der Waals surface area contributed by atoms with Crippen LogP contribution in [0.4, 0.5) is 5.69 Å². The van der Waals surface area contributed by atoms with Gasteiger partial charge in [0, 0.05) is 36.8 Å². The summed E-state index contributed by atoms with van der Waals surface area (Å²) in [5.41, 5.74) is 0.768. The van der Waals surface area contributed by atoms with Crippen molar-refractivity contribution >= 4 is 29.1 Å². The Morgan fingerprint density at radius 2 is 2.00 bits per heavy atom. The Morgan fingerprint density at radius 3 is 2.74 bits per heavy atom. The number of nitrogens with zero attached hydrogens (tertiary/aromatic N) is 1. The highest BCUT2D eigenvalue weighted by atomic mass is 35.5. The Bertz CT molecular complexity index is 631. The third kappa shape index (κ3) is 6.48. The summed E-state index contributed by atoms with van der Waals surface area (Å²) in [6.07, 6.45) is 4.72. The largest absolute Gasteiger partial charge is 0.354 e. The molecule has 148 valence electrons. The highest BCUT2D eigenvalue weighted by Gasteiger charge is 2.24. The van der Waals surface area contributed by atoms with Crippen molar-refractivity contribution in [3.05, 3.63) is 29.3 Å². The second-order valence-corrected chi connectivity index (χ2v) is 7.94. The summed E-state index contributed by atoms with van der Waals surface area (Å²) in [6, 6.07) is 7.13. The molecule has 2 aliphatic rings. The molecule has 0 saturated carbocycles. The van der Waals surface area contributed by atoms with E-state index in [1.54, 1.807) is 24.3 Å². The fourth-order valence-corrected chi connectivity index (χ4v) is 3.94. The molecule has 2 amide bonds. The van der Waals surface area contributed by atoms with E-state index in [0.717, 1.165) is 64.1 Å². The lowest BCUT2D eigenvalue weighted by atomic mass is 9.97. The molecule has 0 spiro atoms. The van der Waals surface area contributed by atoms with Crippen molar-refractivity contribution in [3.63, 3.8) is 0 Å². The molecule has 1 aromatic rings. The predicted octanol–water partition coefficient (Wildman–Crippen LogP) is 2.25. The minimum atomic E-state index is -0.0127. The van der Waals surface area contributed by atoms with E-state index in [1.807, 2.05) is 0 Å². The number of anilines is 1. The molecular formula is C20H29ClN4O2. The van der Waals surface area contributed by atoms with Gasteiger partial charge in [-0.25, -0.2) is 0 Å². The zero-order valence-electron chi connectivity index (χ0n) is 15.7. The monoisotopic (exact) mass is 392 g/mol. The molecule has 2 atom stereocenters. The molecule has 0 aliphatic carbocycles. The number of likely N-dealkylation sites (tertiary alicyclic amines) is 1. The Labute approximate surface area is 166 Å². The number of piperidine rings is 1. The van der Waals surface area contributed by atoms with Crippen molar-refractivity contribution in [2.75, 3.05) is 38.0 Å². The van der Waals surface area contributed by atoms with Gasteiger partial charge in [0.2, 0.25) is 11.8 Å². The molecule has 27 heavy (non-hydrogen) atoms. The number of hydrogen-bond donors (Lipinski definition) is 3. The van der Waals surface area contributed by atoms with Crippen LogP contribution in [0.15, 0.2) is 24.3 Å². The minimum Gasteiger partial charge on any atom is -0.354 e. The fourth-order valence-electron chi connectivity index (χ4n) is 3.81. The smallest absolute Gasteiger partial charge is 0.237 e. The zero-order chi connectivity index (χ0) is 19.1. The maximum atomic E-state index is 12.1. The van der Waals surface area contributed by atoms with Crippen LogP contribution < -0.4 is 16.0 Å². The molecule has 0 aromatic heterocycles. The summed E-state index contributed by atoms with van der Waals surface area (Å²) < 4.78 is 0. The number of amides is 2. The van der Waals surface area contributed by atoms with Gasteiger partial charge in [-0.05, 0) is 69.0 Å². The van der Waals surface area contributed by atoms with E-state index in [0.29, 0.717) is 17.4 Å². The number of carbonyl (C=O) groups excluding carboxylic acids is 2. The average Bonchev–Trinajstić information content (AvgIpc) is 3.22. The lowest BCUT2D eigenvalue weighted by Crippen LogP contribution is -2.45. The number of carbonyl (C=O) groups is 2. The maximum absolute atomic E-state index is 12.1. The van der Waals surface area contributed by atoms with Crippen LogP contribution in [0, 0.1) is 5.92 Å². The number of hydrogen-bond acceptors (Lipinski definition) is 4. The van der Waals surface area contributed by atoms with Gasteiger partial charge in [0.25, 0.3) is 0 Å². The highest BCUT2D eigenvalue weighted by Crippen LogP contribution is 2.17. The Balaban J connectivity index is 1.35. The average molecular weight is 393 g/mol. The van der Waals surface area contributed by atoms with Crippen molar-refractivity contribution in [2.45, 2.75) is 38.1 Å². The number of benzene rings is 1. The maximum Gasteiger partial charge on any atom is 0.237 e. The van der Waals surface area contributed by atoms with E-state index in [1.165, 1.54) is 0 Å². The molecule has 2 fully saturated rings. The second kappa shape index (κ2) is 10.1. The number of halogens is 1. The summed E-state index contributed by atoms with van der Waals surface area (Å²) in [5.74, 6) is 0.607. The van der Waals surface area contributed by atoms with Crippen LogP contribution in [-0.4, -0.2) is 55.5 Å². The van der Waals surface area contributed by atoms with Gasteiger partial charge in [0.15, 0.2) is 0 Å². The van der Waals surface area contributed by atoms with Crippen LogP contribution in [0.25, 0.3) is 0 Å². The lowest BCUT2D eigenvalue weighted by molar-refractivity contribution is -0.123. The van der Waals surface area contributed by atoms with E-state index in [-0.39, 0.29) is 17.9 Å². The van der Waals surface area contributed by atoms with Crippen LogP contribution in [0.5, 0.6) is 0 Å². The number of rotatable bonds is 7. The van der Waals surface area contributed by atoms with Crippen molar-refractivity contribution < 1.29 is 9.59 Å². The standard InChI is InChI=1S/C20H29ClN4O2/c21-16-5-7-17(8-6-16)24-19(26)9-12-25-11-2-3-15(14-25)13-23-20(27)18-4-1-10-22-18/h5-8,15,18,22H,1-4,9-14H2,(H,23,27)(H,24,26). The van der Waals surface area contributed by atoms with Crippen molar-refractivity contribution in [3.8, 4) is 0 Å². The van der Waals surface area contributed by atoms with Crippen LogP contribution in [-0.2, 0) is 9.59 Å². The van der Waals surface area contributed by atoms with E-state index in [2.05, 4.69) is 20.9 Å². The third-order valence-corrected chi connectivity index (χ3v) is 5.58. The van der Waals surface area contributed by atoms with E-state index >= 15 is 0 Å². The van der Waals surface area contributed by atoms with Crippen LogP contribution >= 0.6 is 11.6 Å². The minimum absolute atomic E-state index is 0.0127. The molecular weight excluding hydrogens is 364 g/mol. The molecule has 0 bridgehead atoms. The molecule has 2 aliphatic heterocycles. The van der Waals surface area contributed by atoms with Gasteiger partial charge in [0.05, 0.1) is 6.04 Å². The first-order valence-corrected chi connectivity index (χ1v) is 10.3. The van der Waals surface area contributed by atoms with Gasteiger partial charge >= 0.3 is 0 Å². The molecule has 2 heterocycles. The molecule has 2 saturated heterocycles. The Kier molecular flexibility index (Phi) is 7.50. The first-order chi connectivity index (χ1) is 13.1. The molecule has 6 nitrogen and oxygen atoms in total. The normalized spacial score (nSPS) is 23.1. The Morgan fingerprint density at radius 1 is 1.19 bits per heavy atom. The fraction of sp³-hybridized carbons (Fsp3) is 0.600. The highest BCUT2D eigenvalue weighted by molar-refractivity contribution is 6.30. The lowest BCUT2D eigenvalue weighted by Gasteiger charge is -2.32. The number of nitrogens with one attached hydrogen (secondary N) is 3. The van der Waals surface area contributed by atoms with Crippen molar-refractivity contribution in [1.82, 2.24) is 15.5 Å². The van der Waals surface area contributed by atoms with E-state index in [9.17, 15) is 9.59 Å². The predicted molar refractivity (Wildman–Crippen MR) is 108 cm³/mol. The van der Waals surface area contributed by atoms with Gasteiger partial charge < -0.3 is 20.9 Å². The first-order valence-electron chi connectivity index (χ1n) is 9.89. The van der Waals surface area contributed by atoms with E-state index in [4.69, 9.17) is 11.6 Å². The zero-order valence-corrected chi connectivity index (χ0v) is 16.4. The molecule has 2 unspecified atom stereocenters. The Hall–Kier alpha value is -1.63. The van der Waals surface area contributed by atoms with Crippen LogP contribution in [0.3, 0.4) is 0 Å². The molecule has 1 aromatic carbocycles. The summed E-state index contributed by atoms with van der Waals surface area (Å²) in [7, 11) is 0. The summed E-state index contributed by atoms with van der Waals surface area (Å²) in [6.45, 7) is 4.36. The summed E-state index contributed by atoms with van der Waals surface area (Å²) in [5, 5.41) is 9.89. The topological polar surface area (TPSA) is 73.5 Å². The molecule has 7 heteroatoms. The molecule has 3 N–H and O–H groups in total. The van der Waals surface area contributed by atoms with Gasteiger partial charge in [-0.1, -0.05) is 11.6 Å². The quantitative estimate of drug-likeness (QED) is 0.665. The van der Waals surface area contributed by atoms with Crippen LogP contribution in [0.1, 0.15) is 32.1 Å². The van der Waals surface area contributed by atoms with Crippen molar-refractivity contribution in [2.24, 2.45) is 5.92 Å². The molecule has 3 rings (SSSR count). The van der Waals surface area contributed by atoms with Gasteiger partial charge in [-0.2, -0.15) is 0 Å². The van der Waals surface area contributed by atoms with E-state index < -0.39 is 0 Å². The SMILES string of the molecule is O=C(CCN1CCCC(CNC(=O)C2CCCN2)C1)Nc1ccc(Cl)cc1. The van der Waals surface area contributed by atoms with Crippen molar-refractivity contribution in [1.29, 1.82) is 0 Å². The molecule has 0 radical (unpaired) electrons. The van der Waals surface area contributed by atoms with Gasteiger partial charge in [-0.3, -0.25) is 9.59 Å². The second-order valence-electron chi connectivity index (χ2n) is 7.51. The summed E-state index contributed by atoms with van der Waals surface area (Å²) >= 11 is 5.86. The summed E-state index contributed by atoms with van der Waals surface area (Å²) in [4.78, 5) is 26.6. The van der Waals surface area contributed by atoms with Gasteiger partial charge in [-0.15, -0.1) is 0 Å². The van der Waals surface area contributed by atoms with Crippen LogP contribution in [0.2, 0.25) is 5.02 Å².